The number of carbonyl (C=O) groups is 2. The highest BCUT2D eigenvalue weighted by Crippen LogP contribution is 2.48. The van der Waals surface area contributed by atoms with Gasteiger partial charge in [-0.3, -0.25) is 9.59 Å². The molecule has 4 aromatic carbocycles. The Labute approximate surface area is 462 Å². The number of hydrogen-bond acceptors (Lipinski definition) is 14. The maximum absolute atomic E-state index is 13.0. The van der Waals surface area contributed by atoms with Crippen molar-refractivity contribution in [3.8, 4) is 57.5 Å². The Morgan fingerprint density at radius 2 is 0.808 bits per heavy atom. The van der Waals surface area contributed by atoms with Crippen LogP contribution in [0.25, 0.3) is 0 Å². The molecule has 0 amide bonds. The second-order valence-corrected chi connectivity index (χ2v) is 19.8. The molecule has 0 aliphatic carbocycles. The van der Waals surface area contributed by atoms with Gasteiger partial charge in [0.1, 0.15) is 12.1 Å². The van der Waals surface area contributed by atoms with Gasteiger partial charge in [-0.2, -0.15) is 0 Å². The molecule has 6 rings (SSSR count). The van der Waals surface area contributed by atoms with Gasteiger partial charge in [0.2, 0.25) is 11.5 Å². The number of quaternary nitrogens is 2. The molecule has 0 saturated carbocycles. The maximum atomic E-state index is 13.0. The fraction of sp³-hybridized carbons (Fsp3) is 0.484. The van der Waals surface area contributed by atoms with Crippen molar-refractivity contribution in [2.75, 3.05) is 124 Å². The van der Waals surface area contributed by atoms with Gasteiger partial charge in [-0.05, 0) is 95.8 Å². The topological polar surface area (TPSA) is 145 Å². The Kier molecular flexibility index (Phi) is 22.4. The van der Waals surface area contributed by atoms with E-state index in [0.29, 0.717) is 131 Å². The first-order chi connectivity index (χ1) is 37.9. The molecule has 16 heteroatoms. The van der Waals surface area contributed by atoms with Crippen molar-refractivity contribution in [1.82, 2.24) is 0 Å². The second kappa shape index (κ2) is 29.1. The zero-order valence-electron chi connectivity index (χ0n) is 47.8. The minimum atomic E-state index is -0.261. The number of allylic oxidation sites excluding steroid dienone is 2. The summed E-state index contributed by atoms with van der Waals surface area (Å²) in [5, 5.41) is 0. The average molecular weight is 1080 g/mol. The lowest BCUT2D eigenvalue weighted by molar-refractivity contribution is -0.954. The molecule has 78 heavy (non-hydrogen) atoms. The summed E-state index contributed by atoms with van der Waals surface area (Å²) in [5.74, 6) is 5.65. The fourth-order valence-corrected chi connectivity index (χ4v) is 11.7. The van der Waals surface area contributed by atoms with Gasteiger partial charge in [0.15, 0.2) is 46.0 Å². The summed E-state index contributed by atoms with van der Waals surface area (Å²) in [6, 6.07) is 16.4. The molecule has 0 aromatic heterocycles. The molecule has 0 radical (unpaired) electrons. The largest absolute Gasteiger partial charge is 0.493 e. The van der Waals surface area contributed by atoms with Crippen LogP contribution in [0.2, 0.25) is 0 Å². The molecule has 424 valence electrons. The molecule has 0 saturated heterocycles. The van der Waals surface area contributed by atoms with Crippen LogP contribution in [0.1, 0.15) is 84.0 Å². The molecule has 4 aromatic rings. The summed E-state index contributed by atoms with van der Waals surface area (Å²) in [4.78, 5) is 26.0. The molecule has 0 unspecified atom stereocenters. The molecular formula is C62H84N2O14+2. The van der Waals surface area contributed by atoms with Crippen LogP contribution in [0.4, 0.5) is 0 Å². The number of methoxy groups -OCH3 is 10. The van der Waals surface area contributed by atoms with E-state index in [2.05, 4.69) is 37.4 Å². The number of benzene rings is 4. The van der Waals surface area contributed by atoms with Crippen LogP contribution in [0.3, 0.4) is 0 Å². The zero-order valence-corrected chi connectivity index (χ0v) is 47.8. The summed E-state index contributed by atoms with van der Waals surface area (Å²) in [5.41, 5.74) is 6.81. The number of fused-ring (bicyclic) bond motifs is 2. The predicted octanol–water partition coefficient (Wildman–Crippen LogP) is 10.1. The first kappa shape index (κ1) is 60.2. The Morgan fingerprint density at radius 1 is 0.474 bits per heavy atom. The SMILES string of the molecule is C=CC[N@+]1(CCCOC(=O)CC/C=C/CCC(=O)OCCC[N@@+]2(CC=C)CCc3cc(OC)c(OC)cc3[C@H]2Cc2cc(OC)c(OC)c(OC)c2)CCc2cc(OC)c(OC)cc2[C@H]1Cc1cc(OC)c(OC)c(OC)c1. The third-order valence-electron chi connectivity index (χ3n) is 15.5. The van der Waals surface area contributed by atoms with E-state index >= 15 is 0 Å². The van der Waals surface area contributed by atoms with Gasteiger partial charge < -0.3 is 65.8 Å². The monoisotopic (exact) mass is 1080 g/mol. The second-order valence-electron chi connectivity index (χ2n) is 19.8. The summed E-state index contributed by atoms with van der Waals surface area (Å²) < 4.78 is 70.3. The van der Waals surface area contributed by atoms with Gasteiger partial charge in [-0.15, -0.1) is 0 Å². The lowest BCUT2D eigenvalue weighted by Gasteiger charge is -2.48. The van der Waals surface area contributed by atoms with E-state index in [1.165, 1.54) is 22.3 Å². The summed E-state index contributed by atoms with van der Waals surface area (Å²) in [6.07, 6.45) is 13.6. The quantitative estimate of drug-likeness (QED) is 0.0198. The minimum absolute atomic E-state index is 0.00143. The highest BCUT2D eigenvalue weighted by atomic mass is 16.6. The maximum Gasteiger partial charge on any atom is 0.306 e. The Morgan fingerprint density at radius 3 is 1.12 bits per heavy atom. The van der Waals surface area contributed by atoms with E-state index in [1.54, 1.807) is 71.1 Å². The van der Waals surface area contributed by atoms with Crippen LogP contribution in [0.15, 0.2) is 86.0 Å². The number of hydrogen-bond donors (Lipinski definition) is 0. The van der Waals surface area contributed by atoms with Gasteiger partial charge in [0.05, 0.1) is 124 Å². The lowest BCUT2D eigenvalue weighted by Crippen LogP contribution is -2.56. The molecule has 2 aliphatic rings. The number of nitrogens with zero attached hydrogens (tertiary/aromatic N) is 2. The first-order valence-corrected chi connectivity index (χ1v) is 26.8. The van der Waals surface area contributed by atoms with E-state index in [0.717, 1.165) is 50.1 Å². The number of esters is 2. The van der Waals surface area contributed by atoms with Crippen LogP contribution >= 0.6 is 0 Å². The number of rotatable bonds is 32. The predicted molar refractivity (Wildman–Crippen MR) is 300 cm³/mol. The number of carbonyl (C=O) groups excluding carboxylic acids is 2. The van der Waals surface area contributed by atoms with Gasteiger partial charge in [-0.1, -0.05) is 25.3 Å². The zero-order chi connectivity index (χ0) is 56.2. The lowest BCUT2D eigenvalue weighted by atomic mass is 9.85. The molecule has 0 spiro atoms. The van der Waals surface area contributed by atoms with Gasteiger partial charge >= 0.3 is 11.9 Å². The Hall–Kier alpha value is -7.04. The molecule has 4 atom stereocenters. The molecule has 16 nitrogen and oxygen atoms in total. The molecule has 0 N–H and O–H groups in total. The number of ether oxygens (including phenoxy) is 12. The van der Waals surface area contributed by atoms with Crippen LogP contribution in [0.5, 0.6) is 57.5 Å². The van der Waals surface area contributed by atoms with Crippen molar-refractivity contribution in [3.05, 3.63) is 119 Å². The molecule has 2 heterocycles. The molecule has 0 fully saturated rings. The van der Waals surface area contributed by atoms with Crippen LogP contribution in [-0.2, 0) is 44.7 Å². The standard InChI is InChI=1S/C62H84N2O14/c1-13-25-63(29-23-45-39-51(67-3)53(69-5)41-47(45)49(63)33-43-35-55(71-7)61(75-11)56(36-43)72-8)27-19-31-77-59(65)21-17-15-16-18-22-60(66)78-32-20-28-64(26-14-2)30-24-46-40-52(68-4)54(70-6)42-48(46)50(64)34-44-37-57(73-9)62(76-12)58(38-44)74-10/h13-16,35-42,49-50H,1-2,17-34H2,3-12H3/q+2/b16-15+/t49-,50-,63+,64+/m1/s1. The summed E-state index contributed by atoms with van der Waals surface area (Å²) >= 11 is 0. The van der Waals surface area contributed by atoms with Crippen molar-refractivity contribution in [1.29, 1.82) is 0 Å². The summed E-state index contributed by atoms with van der Waals surface area (Å²) in [6.45, 7) is 13.6. The van der Waals surface area contributed by atoms with Gasteiger partial charge in [0, 0.05) is 62.5 Å². The third-order valence-corrected chi connectivity index (χ3v) is 15.5. The van der Waals surface area contributed by atoms with Gasteiger partial charge in [0.25, 0.3) is 0 Å². The molecule has 0 bridgehead atoms. The van der Waals surface area contributed by atoms with Crippen molar-refractivity contribution in [3.63, 3.8) is 0 Å². The smallest absolute Gasteiger partial charge is 0.306 e. The van der Waals surface area contributed by atoms with E-state index < -0.39 is 0 Å². The van der Waals surface area contributed by atoms with Crippen LogP contribution < -0.4 is 47.4 Å². The van der Waals surface area contributed by atoms with Crippen LogP contribution in [-0.4, -0.2) is 144 Å². The van der Waals surface area contributed by atoms with Crippen molar-refractivity contribution in [2.24, 2.45) is 0 Å². The van der Waals surface area contributed by atoms with E-state index in [1.807, 2.05) is 48.6 Å². The van der Waals surface area contributed by atoms with E-state index in [4.69, 9.17) is 56.8 Å². The highest BCUT2D eigenvalue weighted by Gasteiger charge is 2.44. The molecular weight excluding hydrogens is 997 g/mol. The van der Waals surface area contributed by atoms with E-state index in [9.17, 15) is 9.59 Å². The average Bonchev–Trinajstić information content (AvgIpc) is 3.53. The Bertz CT molecular complexity index is 2470. The van der Waals surface area contributed by atoms with Crippen LogP contribution in [0, 0.1) is 0 Å². The third kappa shape index (κ3) is 14.2. The highest BCUT2D eigenvalue weighted by molar-refractivity contribution is 5.70. The van der Waals surface area contributed by atoms with Crippen molar-refractivity contribution < 1.29 is 75.4 Å². The minimum Gasteiger partial charge on any atom is -0.493 e. The van der Waals surface area contributed by atoms with Crippen molar-refractivity contribution in [2.45, 2.75) is 76.3 Å². The summed E-state index contributed by atoms with van der Waals surface area (Å²) in [7, 11) is 16.3. The molecule has 2 aliphatic heterocycles. The van der Waals surface area contributed by atoms with Crippen molar-refractivity contribution >= 4 is 11.9 Å². The fourth-order valence-electron chi connectivity index (χ4n) is 11.7. The van der Waals surface area contributed by atoms with Gasteiger partial charge in [-0.25, -0.2) is 0 Å². The normalized spacial score (nSPS) is 18.4. The first-order valence-electron chi connectivity index (χ1n) is 26.8. The Balaban J connectivity index is 1.01. The van der Waals surface area contributed by atoms with E-state index in [-0.39, 0.29) is 36.9 Å².